The number of likely N-dealkylation sites (tertiary alicyclic amines) is 1. The molecule has 2 atom stereocenters. The quantitative estimate of drug-likeness (QED) is 0.836. The normalized spacial score (nSPS) is 32.2. The molecule has 0 aromatic carbocycles. The summed E-state index contributed by atoms with van der Waals surface area (Å²) in [6.45, 7) is 4.73. The first-order valence-electron chi connectivity index (χ1n) is 7.18. The van der Waals surface area contributed by atoms with Crippen LogP contribution in [0.15, 0.2) is 22.8 Å². The molecular weight excluding hydrogens is 242 g/mol. The summed E-state index contributed by atoms with van der Waals surface area (Å²) in [5.41, 5.74) is 0.178. The SMILES string of the molecule is COC[C@]12CCCO[C@@H]1CCN(Cc1ccco1)C2. The van der Waals surface area contributed by atoms with E-state index in [-0.39, 0.29) is 5.41 Å². The lowest BCUT2D eigenvalue weighted by Crippen LogP contribution is -2.56. The van der Waals surface area contributed by atoms with Crippen LogP contribution in [0.5, 0.6) is 0 Å². The van der Waals surface area contributed by atoms with E-state index in [1.54, 1.807) is 13.4 Å². The summed E-state index contributed by atoms with van der Waals surface area (Å²) in [5.74, 6) is 1.04. The molecule has 0 unspecified atom stereocenters. The van der Waals surface area contributed by atoms with Crippen molar-refractivity contribution in [3.05, 3.63) is 24.2 Å². The number of hydrogen-bond donors (Lipinski definition) is 0. The fourth-order valence-corrected chi connectivity index (χ4v) is 3.64. The van der Waals surface area contributed by atoms with Crippen LogP contribution in [-0.4, -0.2) is 44.4 Å². The highest BCUT2D eigenvalue weighted by Gasteiger charge is 2.45. The van der Waals surface area contributed by atoms with E-state index in [1.165, 1.54) is 6.42 Å². The molecule has 1 aromatic rings. The summed E-state index contributed by atoms with van der Waals surface area (Å²) in [7, 11) is 1.80. The Kier molecular flexibility index (Phi) is 3.91. The molecule has 0 saturated carbocycles. The largest absolute Gasteiger partial charge is 0.468 e. The van der Waals surface area contributed by atoms with E-state index < -0.39 is 0 Å². The summed E-state index contributed by atoms with van der Waals surface area (Å²) >= 11 is 0. The van der Waals surface area contributed by atoms with Crippen molar-refractivity contribution in [1.82, 2.24) is 4.90 Å². The van der Waals surface area contributed by atoms with E-state index in [9.17, 15) is 0 Å². The van der Waals surface area contributed by atoms with Crippen molar-refractivity contribution in [3.8, 4) is 0 Å². The van der Waals surface area contributed by atoms with Gasteiger partial charge in [0.1, 0.15) is 5.76 Å². The molecule has 4 heteroatoms. The first-order chi connectivity index (χ1) is 9.32. The summed E-state index contributed by atoms with van der Waals surface area (Å²) in [6, 6.07) is 4.00. The third-order valence-corrected chi connectivity index (χ3v) is 4.46. The smallest absolute Gasteiger partial charge is 0.117 e. The van der Waals surface area contributed by atoms with Crippen molar-refractivity contribution in [2.45, 2.75) is 31.9 Å². The molecule has 2 aliphatic heterocycles. The third-order valence-electron chi connectivity index (χ3n) is 4.46. The molecule has 106 valence electrons. The van der Waals surface area contributed by atoms with Crippen LogP contribution in [0.1, 0.15) is 25.0 Å². The first kappa shape index (κ1) is 13.2. The molecule has 2 saturated heterocycles. The van der Waals surface area contributed by atoms with Gasteiger partial charge in [-0.15, -0.1) is 0 Å². The van der Waals surface area contributed by atoms with Crippen LogP contribution in [-0.2, 0) is 16.0 Å². The molecule has 4 nitrogen and oxygen atoms in total. The van der Waals surface area contributed by atoms with Gasteiger partial charge in [0.05, 0.1) is 25.5 Å². The lowest BCUT2D eigenvalue weighted by atomic mass is 9.73. The molecule has 1 aromatic heterocycles. The molecule has 3 heterocycles. The van der Waals surface area contributed by atoms with Gasteiger partial charge in [-0.1, -0.05) is 0 Å². The van der Waals surface area contributed by atoms with Crippen LogP contribution >= 0.6 is 0 Å². The fraction of sp³-hybridized carbons (Fsp3) is 0.733. The van der Waals surface area contributed by atoms with Gasteiger partial charge in [0.2, 0.25) is 0 Å². The highest BCUT2D eigenvalue weighted by atomic mass is 16.5. The van der Waals surface area contributed by atoms with Crippen molar-refractivity contribution >= 4 is 0 Å². The van der Waals surface area contributed by atoms with Crippen LogP contribution in [0.3, 0.4) is 0 Å². The molecule has 19 heavy (non-hydrogen) atoms. The molecule has 0 spiro atoms. The Morgan fingerprint density at radius 3 is 3.26 bits per heavy atom. The second-order valence-electron chi connectivity index (χ2n) is 5.84. The van der Waals surface area contributed by atoms with Gasteiger partial charge < -0.3 is 13.9 Å². The van der Waals surface area contributed by atoms with Gasteiger partial charge in [-0.05, 0) is 31.4 Å². The zero-order chi connectivity index (χ0) is 13.1. The Bertz CT molecular complexity index is 388. The zero-order valence-electron chi connectivity index (χ0n) is 11.6. The maximum Gasteiger partial charge on any atom is 0.117 e. The summed E-state index contributed by atoms with van der Waals surface area (Å²) in [6.07, 6.45) is 5.57. The summed E-state index contributed by atoms with van der Waals surface area (Å²) in [4.78, 5) is 2.48. The Labute approximate surface area is 114 Å². The average molecular weight is 265 g/mol. The molecule has 0 N–H and O–H groups in total. The Morgan fingerprint density at radius 1 is 1.53 bits per heavy atom. The van der Waals surface area contributed by atoms with E-state index in [0.29, 0.717) is 6.10 Å². The number of nitrogens with zero attached hydrogens (tertiary/aromatic N) is 1. The van der Waals surface area contributed by atoms with Crippen molar-refractivity contribution in [1.29, 1.82) is 0 Å². The molecule has 3 rings (SSSR count). The predicted octanol–water partition coefficient (Wildman–Crippen LogP) is 2.30. The number of ether oxygens (including phenoxy) is 2. The number of furan rings is 1. The highest BCUT2D eigenvalue weighted by molar-refractivity contribution is 5.01. The van der Waals surface area contributed by atoms with E-state index in [1.807, 2.05) is 12.1 Å². The lowest BCUT2D eigenvalue weighted by molar-refractivity contribution is -0.149. The van der Waals surface area contributed by atoms with Gasteiger partial charge in [0.15, 0.2) is 0 Å². The molecule has 0 aliphatic carbocycles. The van der Waals surface area contributed by atoms with Gasteiger partial charge in [-0.3, -0.25) is 4.90 Å². The maximum atomic E-state index is 5.99. The number of piperidine rings is 1. The predicted molar refractivity (Wildman–Crippen MR) is 71.9 cm³/mol. The van der Waals surface area contributed by atoms with Crippen molar-refractivity contribution in [3.63, 3.8) is 0 Å². The van der Waals surface area contributed by atoms with Crippen molar-refractivity contribution in [2.75, 3.05) is 33.4 Å². The third kappa shape index (κ3) is 2.71. The van der Waals surface area contributed by atoms with E-state index in [2.05, 4.69) is 4.90 Å². The molecule has 0 bridgehead atoms. The Morgan fingerprint density at radius 2 is 2.47 bits per heavy atom. The van der Waals surface area contributed by atoms with Gasteiger partial charge in [-0.25, -0.2) is 0 Å². The minimum absolute atomic E-state index is 0.178. The first-order valence-corrected chi connectivity index (χ1v) is 7.18. The van der Waals surface area contributed by atoms with Gasteiger partial charge in [-0.2, -0.15) is 0 Å². The topological polar surface area (TPSA) is 34.8 Å². The molecule has 2 aliphatic rings. The van der Waals surface area contributed by atoms with Gasteiger partial charge in [0, 0.05) is 32.2 Å². The fourth-order valence-electron chi connectivity index (χ4n) is 3.64. The minimum Gasteiger partial charge on any atom is -0.468 e. The maximum absolute atomic E-state index is 5.99. The molecule has 2 fully saturated rings. The number of hydrogen-bond acceptors (Lipinski definition) is 4. The van der Waals surface area contributed by atoms with Crippen LogP contribution in [0.4, 0.5) is 0 Å². The van der Waals surface area contributed by atoms with Crippen molar-refractivity contribution < 1.29 is 13.9 Å². The van der Waals surface area contributed by atoms with Crippen molar-refractivity contribution in [2.24, 2.45) is 5.41 Å². The van der Waals surface area contributed by atoms with Gasteiger partial charge >= 0.3 is 0 Å². The Balaban J connectivity index is 1.69. The van der Waals surface area contributed by atoms with Crippen LogP contribution < -0.4 is 0 Å². The summed E-state index contributed by atoms with van der Waals surface area (Å²) in [5, 5.41) is 0. The molecular formula is C15H23NO3. The molecule has 0 amide bonds. The second-order valence-corrected chi connectivity index (χ2v) is 5.84. The zero-order valence-corrected chi connectivity index (χ0v) is 11.6. The number of fused-ring (bicyclic) bond motifs is 1. The van der Waals surface area contributed by atoms with Crippen LogP contribution in [0.2, 0.25) is 0 Å². The van der Waals surface area contributed by atoms with Crippen LogP contribution in [0.25, 0.3) is 0 Å². The highest BCUT2D eigenvalue weighted by Crippen LogP contribution is 2.40. The monoisotopic (exact) mass is 265 g/mol. The van der Waals surface area contributed by atoms with E-state index in [0.717, 1.165) is 51.4 Å². The number of methoxy groups -OCH3 is 1. The lowest BCUT2D eigenvalue weighted by Gasteiger charge is -2.50. The molecule has 0 radical (unpaired) electrons. The minimum atomic E-state index is 0.178. The summed E-state index contributed by atoms with van der Waals surface area (Å²) < 4.78 is 16.9. The average Bonchev–Trinajstić information content (AvgIpc) is 2.91. The van der Waals surface area contributed by atoms with Gasteiger partial charge in [0.25, 0.3) is 0 Å². The standard InChI is InChI=1S/C15H23NO3/c1-17-12-15-6-3-9-19-14(15)5-7-16(11-15)10-13-4-2-8-18-13/h2,4,8,14H,3,5-7,9-12H2,1H3/t14-,15-/m1/s1. The van der Waals surface area contributed by atoms with E-state index >= 15 is 0 Å². The number of rotatable bonds is 4. The second kappa shape index (κ2) is 5.65. The van der Waals surface area contributed by atoms with E-state index in [4.69, 9.17) is 13.9 Å². The van der Waals surface area contributed by atoms with Crippen LogP contribution in [0, 0.1) is 5.41 Å². The Hall–Kier alpha value is -0.840.